The number of hydrogen-bond acceptors (Lipinski definition) is 11. The maximum Gasteiger partial charge on any atom is 0.187 e. The molecule has 0 bridgehead atoms. The fraction of sp³-hybridized carbons (Fsp3) is 0.492. The van der Waals surface area contributed by atoms with Gasteiger partial charge in [0.2, 0.25) is 0 Å². The van der Waals surface area contributed by atoms with Crippen molar-refractivity contribution in [2.75, 3.05) is 6.61 Å². The molecule has 11 heteroatoms. The number of hydrogen-bond donors (Lipinski definition) is 0. The predicted octanol–water partition coefficient (Wildman–Crippen LogP) is 10.6. The van der Waals surface area contributed by atoms with Crippen molar-refractivity contribution < 1.29 is 52.1 Å². The van der Waals surface area contributed by atoms with Crippen LogP contribution in [-0.4, -0.2) is 85.5 Å². The Balaban J connectivity index is 0.983. The van der Waals surface area contributed by atoms with Crippen LogP contribution in [0.25, 0.3) is 0 Å². The first-order valence-electron chi connectivity index (χ1n) is 25.9. The van der Waals surface area contributed by atoms with Crippen molar-refractivity contribution in [3.05, 3.63) is 179 Å². The lowest BCUT2D eigenvalue weighted by atomic mass is 9.84. The Morgan fingerprint density at radius 1 is 0.357 bits per heavy atom. The molecular weight excluding hydrogens is 885 g/mol. The summed E-state index contributed by atoms with van der Waals surface area (Å²) in [6, 6.07) is 51.0. The van der Waals surface area contributed by atoms with Crippen molar-refractivity contribution >= 4 is 0 Å². The zero-order valence-electron chi connectivity index (χ0n) is 40.1. The first-order chi connectivity index (χ1) is 34.6. The molecule has 11 rings (SSSR count). The van der Waals surface area contributed by atoms with Crippen molar-refractivity contribution in [3.8, 4) is 0 Å². The molecule has 2 spiro atoms. The van der Waals surface area contributed by atoms with Crippen LogP contribution in [0.5, 0.6) is 0 Å². The molecule has 11 nitrogen and oxygen atoms in total. The van der Waals surface area contributed by atoms with E-state index in [9.17, 15) is 0 Å². The number of fused-ring (bicyclic) bond motifs is 3. The van der Waals surface area contributed by atoms with Crippen LogP contribution in [0.15, 0.2) is 152 Å². The maximum atomic E-state index is 7.65. The van der Waals surface area contributed by atoms with Crippen LogP contribution < -0.4 is 0 Å². The fourth-order valence-corrected chi connectivity index (χ4v) is 11.5. The van der Waals surface area contributed by atoms with Crippen molar-refractivity contribution in [1.82, 2.24) is 0 Å². The van der Waals surface area contributed by atoms with E-state index in [1.54, 1.807) is 0 Å². The third-order valence-electron chi connectivity index (χ3n) is 15.0. The summed E-state index contributed by atoms with van der Waals surface area (Å²) in [7, 11) is 0. The lowest BCUT2D eigenvalue weighted by Crippen LogP contribution is -2.67. The zero-order chi connectivity index (χ0) is 47.0. The van der Waals surface area contributed by atoms with Crippen molar-refractivity contribution in [2.45, 2.75) is 176 Å². The van der Waals surface area contributed by atoms with Crippen LogP contribution in [0.3, 0.4) is 0 Å². The molecule has 5 aromatic rings. The highest BCUT2D eigenvalue weighted by molar-refractivity contribution is 5.19. The van der Waals surface area contributed by atoms with Gasteiger partial charge in [0.05, 0.1) is 39.6 Å². The van der Waals surface area contributed by atoms with E-state index in [1.165, 1.54) is 0 Å². The number of rotatable bonds is 18. The highest BCUT2D eigenvalue weighted by Gasteiger charge is 2.68. The quantitative estimate of drug-likeness (QED) is 0.0839. The number of benzene rings is 5. The highest BCUT2D eigenvalue weighted by Crippen LogP contribution is 2.53. The predicted molar refractivity (Wildman–Crippen MR) is 261 cm³/mol. The molecule has 0 unspecified atom stereocenters. The summed E-state index contributed by atoms with van der Waals surface area (Å²) in [5.74, 6) is -1.49. The molecule has 0 amide bonds. The van der Waals surface area contributed by atoms with Gasteiger partial charge in [-0.3, -0.25) is 0 Å². The summed E-state index contributed by atoms with van der Waals surface area (Å²) in [5.41, 5.74) is 5.15. The molecule has 3 heterocycles. The van der Waals surface area contributed by atoms with Crippen LogP contribution in [0.1, 0.15) is 92.0 Å². The Bertz CT molecular complexity index is 2330. The Labute approximate surface area is 412 Å². The second kappa shape index (κ2) is 22.6. The van der Waals surface area contributed by atoms with Crippen LogP contribution in [-0.2, 0) is 85.1 Å². The van der Waals surface area contributed by atoms with E-state index < -0.39 is 78.9 Å². The topological polar surface area (TPSA) is 102 Å². The Kier molecular flexibility index (Phi) is 15.5. The average Bonchev–Trinajstić information content (AvgIpc) is 3.97. The van der Waals surface area contributed by atoms with Gasteiger partial charge in [0, 0.05) is 25.7 Å². The van der Waals surface area contributed by atoms with E-state index in [4.69, 9.17) is 52.1 Å². The third-order valence-corrected chi connectivity index (χ3v) is 15.0. The molecule has 0 N–H and O–H groups in total. The average molecular weight is 953 g/mol. The van der Waals surface area contributed by atoms with Crippen LogP contribution in [0.4, 0.5) is 0 Å². The standard InChI is InChI=1S/C59H68O11/c1-8-22-42(23-9-1)36-60-41-47-48(61-37-43-24-10-2-11-25-43)49(62-38-44-26-12-3-13-27-44)56(64-40-46-30-16-5-17-31-46)57(65-47)66-51-50(63-39-45-28-14-4-15-29-45)52-54(69-58(67-52)32-18-6-19-33-58)55-53(51)68-59(70-55)34-20-7-21-35-59/h1-5,8-17,22-31,47-57H,6-7,18-21,32-41H2/t47-,48+,49+,50-,51-,52+,53-,54-,55-,56-,57-/m1/s1. The van der Waals surface area contributed by atoms with E-state index in [0.717, 1.165) is 92.0 Å². The van der Waals surface area contributed by atoms with Gasteiger partial charge in [-0.1, -0.05) is 165 Å². The van der Waals surface area contributed by atoms with Crippen LogP contribution in [0.2, 0.25) is 0 Å². The van der Waals surface area contributed by atoms with Gasteiger partial charge >= 0.3 is 0 Å². The second-order valence-corrected chi connectivity index (χ2v) is 20.0. The van der Waals surface area contributed by atoms with Crippen molar-refractivity contribution in [2.24, 2.45) is 0 Å². The molecule has 70 heavy (non-hydrogen) atoms. The Morgan fingerprint density at radius 2 is 0.714 bits per heavy atom. The molecular formula is C59H68O11. The fourth-order valence-electron chi connectivity index (χ4n) is 11.5. The van der Waals surface area contributed by atoms with E-state index >= 15 is 0 Å². The zero-order valence-corrected chi connectivity index (χ0v) is 40.1. The van der Waals surface area contributed by atoms with Gasteiger partial charge in [-0.15, -0.1) is 0 Å². The molecule has 3 saturated heterocycles. The van der Waals surface area contributed by atoms with Crippen LogP contribution in [0, 0.1) is 0 Å². The monoisotopic (exact) mass is 952 g/mol. The summed E-state index contributed by atoms with van der Waals surface area (Å²) in [5, 5.41) is 0. The Hall–Kier alpha value is -4.34. The van der Waals surface area contributed by atoms with Gasteiger partial charge in [0.15, 0.2) is 17.9 Å². The molecule has 11 atom stereocenters. The Morgan fingerprint density at radius 3 is 1.16 bits per heavy atom. The summed E-state index contributed by atoms with van der Waals surface area (Å²) in [6.45, 7) is 1.82. The number of ether oxygens (including phenoxy) is 11. The van der Waals surface area contributed by atoms with Crippen molar-refractivity contribution in [1.29, 1.82) is 0 Å². The lowest BCUT2D eigenvalue weighted by molar-refractivity contribution is -0.353. The molecule has 370 valence electrons. The summed E-state index contributed by atoms with van der Waals surface area (Å²) in [4.78, 5) is 0. The molecule has 3 aliphatic heterocycles. The first kappa shape index (κ1) is 48.0. The third kappa shape index (κ3) is 11.2. The minimum Gasteiger partial charge on any atom is -0.374 e. The van der Waals surface area contributed by atoms with Gasteiger partial charge in [-0.25, -0.2) is 0 Å². The van der Waals surface area contributed by atoms with E-state index in [0.29, 0.717) is 26.4 Å². The summed E-state index contributed by atoms with van der Waals surface area (Å²) >= 11 is 0. The molecule has 3 saturated carbocycles. The van der Waals surface area contributed by atoms with Gasteiger partial charge in [-0.05, 0) is 53.5 Å². The normalized spacial score (nSPS) is 31.1. The highest BCUT2D eigenvalue weighted by atomic mass is 16.8. The van der Waals surface area contributed by atoms with E-state index in [2.05, 4.69) is 60.7 Å². The molecule has 0 aromatic heterocycles. The molecule has 0 radical (unpaired) electrons. The van der Waals surface area contributed by atoms with Gasteiger partial charge in [0.25, 0.3) is 0 Å². The van der Waals surface area contributed by atoms with Crippen LogP contribution >= 0.6 is 0 Å². The first-order valence-corrected chi connectivity index (χ1v) is 25.9. The molecule has 6 aliphatic rings. The lowest BCUT2D eigenvalue weighted by Gasteiger charge is -2.49. The largest absolute Gasteiger partial charge is 0.374 e. The summed E-state index contributed by atoms with van der Waals surface area (Å²) in [6.07, 6.45) is 2.56. The minimum absolute atomic E-state index is 0.197. The van der Waals surface area contributed by atoms with E-state index in [-0.39, 0.29) is 13.2 Å². The van der Waals surface area contributed by atoms with Gasteiger partial charge < -0.3 is 52.1 Å². The maximum absolute atomic E-state index is 7.65. The molecule has 3 aliphatic carbocycles. The smallest absolute Gasteiger partial charge is 0.187 e. The van der Waals surface area contributed by atoms with Gasteiger partial charge in [0.1, 0.15) is 61.0 Å². The van der Waals surface area contributed by atoms with Gasteiger partial charge in [-0.2, -0.15) is 0 Å². The minimum atomic E-state index is -1.01. The second-order valence-electron chi connectivity index (χ2n) is 20.0. The molecule has 6 fully saturated rings. The molecule has 5 aromatic carbocycles. The SMILES string of the molecule is c1ccc(COC[C@H]2O[C@H](O[C@@H]3[C@@H](OCc4ccccc4)[C@@H]4OC5(CCCCC5)O[C@H]4[C@@H]4OC5(CCCCC5)O[C@H]34)[C@H](OCc3ccccc3)[C@@H](OCc3ccccc3)[C@H]2OCc2ccccc2)cc1. The summed E-state index contributed by atoms with van der Waals surface area (Å²) < 4.78 is 78.9. The van der Waals surface area contributed by atoms with Crippen molar-refractivity contribution in [3.63, 3.8) is 0 Å². The van der Waals surface area contributed by atoms with E-state index in [1.807, 2.05) is 91.0 Å².